The molecular weight excluding hydrogens is 280 g/mol. The van der Waals surface area contributed by atoms with Crippen LogP contribution >= 0.6 is 11.3 Å². The van der Waals surface area contributed by atoms with Crippen LogP contribution in [0.1, 0.15) is 28.7 Å². The monoisotopic (exact) mass is 302 g/mol. The van der Waals surface area contributed by atoms with Gasteiger partial charge in [-0.15, -0.1) is 11.3 Å². The number of rotatable bonds is 6. The molecule has 4 heteroatoms. The van der Waals surface area contributed by atoms with Crippen LogP contribution in [0.25, 0.3) is 0 Å². The van der Waals surface area contributed by atoms with Gasteiger partial charge in [-0.2, -0.15) is 0 Å². The van der Waals surface area contributed by atoms with Crippen molar-refractivity contribution in [3.05, 3.63) is 51.7 Å². The van der Waals surface area contributed by atoms with E-state index >= 15 is 0 Å². The molecule has 112 valence electrons. The van der Waals surface area contributed by atoms with Crippen molar-refractivity contribution in [2.24, 2.45) is 0 Å². The number of nitrogen functional groups attached to an aromatic ring is 1. The van der Waals surface area contributed by atoms with Crippen LogP contribution in [-0.2, 0) is 17.6 Å². The number of hydrogen-bond donors (Lipinski definition) is 2. The predicted molar refractivity (Wildman–Crippen MR) is 89.5 cm³/mol. The Morgan fingerprint density at radius 3 is 2.71 bits per heavy atom. The topological polar surface area (TPSA) is 55.1 Å². The second-order valence-electron chi connectivity index (χ2n) is 5.38. The summed E-state index contributed by atoms with van der Waals surface area (Å²) in [6, 6.07) is 12.1. The molecule has 2 aromatic rings. The summed E-state index contributed by atoms with van der Waals surface area (Å²) >= 11 is 1.79. The molecule has 0 spiro atoms. The summed E-state index contributed by atoms with van der Waals surface area (Å²) in [5.74, 6) is 0.0824. The van der Waals surface area contributed by atoms with Crippen LogP contribution in [0.5, 0.6) is 0 Å². The van der Waals surface area contributed by atoms with Crippen LogP contribution < -0.4 is 11.1 Å². The van der Waals surface area contributed by atoms with Crippen molar-refractivity contribution in [1.82, 2.24) is 5.32 Å². The molecule has 0 aliphatic heterocycles. The lowest BCUT2D eigenvalue weighted by Crippen LogP contribution is -2.34. The zero-order valence-corrected chi connectivity index (χ0v) is 13.4. The maximum Gasteiger partial charge on any atom is 0.220 e. The van der Waals surface area contributed by atoms with E-state index in [1.807, 2.05) is 31.2 Å². The van der Waals surface area contributed by atoms with E-state index in [0.29, 0.717) is 12.8 Å². The normalized spacial score (nSPS) is 12.1. The van der Waals surface area contributed by atoms with E-state index < -0.39 is 0 Å². The molecule has 0 saturated heterocycles. The predicted octanol–water partition coefficient (Wildman–Crippen LogP) is 3.32. The SMILES string of the molecule is Cc1ccc(CC(C)NC(=O)CCc2ccccc2N)s1. The molecule has 0 aliphatic rings. The molecule has 1 aromatic carbocycles. The van der Waals surface area contributed by atoms with E-state index in [1.54, 1.807) is 11.3 Å². The Bertz CT molecular complexity index is 606. The average Bonchev–Trinajstić information content (AvgIpc) is 2.83. The highest BCUT2D eigenvalue weighted by Gasteiger charge is 2.10. The van der Waals surface area contributed by atoms with Gasteiger partial charge in [0.15, 0.2) is 0 Å². The Hall–Kier alpha value is -1.81. The molecule has 1 atom stereocenters. The minimum Gasteiger partial charge on any atom is -0.399 e. The van der Waals surface area contributed by atoms with Crippen molar-refractivity contribution in [3.8, 4) is 0 Å². The summed E-state index contributed by atoms with van der Waals surface area (Å²) < 4.78 is 0. The fraction of sp³-hybridized carbons (Fsp3) is 0.353. The highest BCUT2D eigenvalue weighted by molar-refractivity contribution is 7.11. The van der Waals surface area contributed by atoms with Gasteiger partial charge < -0.3 is 11.1 Å². The molecule has 1 heterocycles. The molecule has 3 nitrogen and oxygen atoms in total. The first kappa shape index (κ1) is 15.6. The summed E-state index contributed by atoms with van der Waals surface area (Å²) in [7, 11) is 0. The van der Waals surface area contributed by atoms with Crippen LogP contribution in [0, 0.1) is 6.92 Å². The Labute approximate surface area is 130 Å². The number of benzene rings is 1. The molecule has 0 radical (unpaired) electrons. The zero-order valence-electron chi connectivity index (χ0n) is 12.6. The lowest BCUT2D eigenvalue weighted by Gasteiger charge is -2.13. The number of thiophene rings is 1. The van der Waals surface area contributed by atoms with Crippen LogP contribution in [0.4, 0.5) is 5.69 Å². The van der Waals surface area contributed by atoms with Gasteiger partial charge in [0.1, 0.15) is 0 Å². The van der Waals surface area contributed by atoms with Crippen LogP contribution in [-0.4, -0.2) is 11.9 Å². The molecule has 0 bridgehead atoms. The molecule has 21 heavy (non-hydrogen) atoms. The number of aryl methyl sites for hydroxylation is 2. The summed E-state index contributed by atoms with van der Waals surface area (Å²) in [5, 5.41) is 3.05. The van der Waals surface area contributed by atoms with E-state index in [4.69, 9.17) is 5.73 Å². The highest BCUT2D eigenvalue weighted by Crippen LogP contribution is 2.17. The molecule has 3 N–H and O–H groups in total. The second-order valence-corrected chi connectivity index (χ2v) is 6.76. The average molecular weight is 302 g/mol. The smallest absolute Gasteiger partial charge is 0.220 e. The lowest BCUT2D eigenvalue weighted by molar-refractivity contribution is -0.121. The lowest BCUT2D eigenvalue weighted by atomic mass is 10.1. The van der Waals surface area contributed by atoms with Gasteiger partial charge in [-0.3, -0.25) is 4.79 Å². The van der Waals surface area contributed by atoms with Gasteiger partial charge in [-0.05, 0) is 44.0 Å². The Morgan fingerprint density at radius 1 is 1.29 bits per heavy atom. The van der Waals surface area contributed by atoms with Gasteiger partial charge in [-0.25, -0.2) is 0 Å². The number of para-hydroxylation sites is 1. The van der Waals surface area contributed by atoms with Crippen LogP contribution in [0.15, 0.2) is 36.4 Å². The fourth-order valence-electron chi connectivity index (χ4n) is 2.30. The maximum atomic E-state index is 12.0. The van der Waals surface area contributed by atoms with Crippen molar-refractivity contribution >= 4 is 22.9 Å². The standard InChI is InChI=1S/C17H22N2OS/c1-12(11-15-9-7-13(2)21-15)19-17(20)10-8-14-5-3-4-6-16(14)18/h3-7,9,12H,8,10-11,18H2,1-2H3,(H,19,20). The van der Waals surface area contributed by atoms with E-state index in [9.17, 15) is 4.79 Å². The molecule has 1 amide bonds. The maximum absolute atomic E-state index is 12.0. The largest absolute Gasteiger partial charge is 0.399 e. The number of hydrogen-bond acceptors (Lipinski definition) is 3. The molecule has 1 aromatic heterocycles. The third-order valence-corrected chi connectivity index (χ3v) is 4.41. The van der Waals surface area contributed by atoms with Gasteiger partial charge in [0, 0.05) is 34.3 Å². The van der Waals surface area contributed by atoms with Crippen LogP contribution in [0.2, 0.25) is 0 Å². The van der Waals surface area contributed by atoms with Crippen molar-refractivity contribution in [1.29, 1.82) is 0 Å². The van der Waals surface area contributed by atoms with E-state index in [2.05, 4.69) is 24.4 Å². The number of nitrogens with one attached hydrogen (secondary N) is 1. The molecule has 0 aliphatic carbocycles. The first-order chi connectivity index (χ1) is 10.0. The summed E-state index contributed by atoms with van der Waals surface area (Å²) in [6.07, 6.45) is 2.04. The third-order valence-electron chi connectivity index (χ3n) is 3.39. The minimum absolute atomic E-state index is 0.0824. The van der Waals surface area contributed by atoms with Gasteiger partial charge in [-0.1, -0.05) is 18.2 Å². The third kappa shape index (κ3) is 4.90. The first-order valence-corrected chi connectivity index (χ1v) is 8.04. The first-order valence-electron chi connectivity index (χ1n) is 7.22. The zero-order chi connectivity index (χ0) is 15.2. The minimum atomic E-state index is 0.0824. The van der Waals surface area contributed by atoms with E-state index in [-0.39, 0.29) is 11.9 Å². The van der Waals surface area contributed by atoms with Gasteiger partial charge in [0.2, 0.25) is 5.91 Å². The Kier molecular flexibility index (Phi) is 5.39. The van der Waals surface area contributed by atoms with Crippen molar-refractivity contribution in [2.45, 2.75) is 39.2 Å². The number of anilines is 1. The van der Waals surface area contributed by atoms with Crippen molar-refractivity contribution in [2.75, 3.05) is 5.73 Å². The fourth-order valence-corrected chi connectivity index (χ4v) is 3.32. The van der Waals surface area contributed by atoms with Crippen LogP contribution in [0.3, 0.4) is 0 Å². The Morgan fingerprint density at radius 2 is 2.05 bits per heavy atom. The number of carbonyl (C=O) groups is 1. The molecular formula is C17H22N2OS. The van der Waals surface area contributed by atoms with E-state index in [1.165, 1.54) is 9.75 Å². The Balaban J connectivity index is 1.77. The van der Waals surface area contributed by atoms with Gasteiger partial charge in [0.05, 0.1) is 0 Å². The van der Waals surface area contributed by atoms with Crippen molar-refractivity contribution < 1.29 is 4.79 Å². The highest BCUT2D eigenvalue weighted by atomic mass is 32.1. The molecule has 0 fully saturated rings. The van der Waals surface area contributed by atoms with E-state index in [0.717, 1.165) is 17.7 Å². The second kappa shape index (κ2) is 7.27. The van der Waals surface area contributed by atoms with Gasteiger partial charge in [0.25, 0.3) is 0 Å². The quantitative estimate of drug-likeness (QED) is 0.804. The molecule has 0 saturated carbocycles. The number of nitrogens with two attached hydrogens (primary N) is 1. The molecule has 2 rings (SSSR count). The summed E-state index contributed by atoms with van der Waals surface area (Å²) in [5.41, 5.74) is 7.68. The van der Waals surface area contributed by atoms with Gasteiger partial charge >= 0.3 is 0 Å². The molecule has 1 unspecified atom stereocenters. The summed E-state index contributed by atoms with van der Waals surface area (Å²) in [6.45, 7) is 4.14. The van der Waals surface area contributed by atoms with Crippen molar-refractivity contribution in [3.63, 3.8) is 0 Å². The summed E-state index contributed by atoms with van der Waals surface area (Å²) in [4.78, 5) is 14.6. The number of carbonyl (C=O) groups excluding carboxylic acids is 1. The number of amides is 1.